The minimum Gasteiger partial charge on any atom is -0.508 e. The molecule has 0 bridgehead atoms. The first-order chi connectivity index (χ1) is 14.4. The van der Waals surface area contributed by atoms with Crippen molar-refractivity contribution >= 4 is 11.6 Å². The van der Waals surface area contributed by atoms with Gasteiger partial charge in [-0.15, -0.1) is 0 Å². The van der Waals surface area contributed by atoms with Crippen molar-refractivity contribution in [1.29, 1.82) is 0 Å². The van der Waals surface area contributed by atoms with E-state index < -0.39 is 17.8 Å². The van der Waals surface area contributed by atoms with Gasteiger partial charge < -0.3 is 15.1 Å². The van der Waals surface area contributed by atoms with Crippen LogP contribution in [0.5, 0.6) is 5.75 Å². The van der Waals surface area contributed by atoms with Gasteiger partial charge in [0.05, 0.1) is 18.1 Å². The summed E-state index contributed by atoms with van der Waals surface area (Å²) in [5.41, 5.74) is 1.87. The number of aromatic hydroxyl groups is 1. The first-order valence-corrected chi connectivity index (χ1v) is 9.75. The van der Waals surface area contributed by atoms with Gasteiger partial charge in [0.2, 0.25) is 5.91 Å². The minimum atomic E-state index is -0.818. The van der Waals surface area contributed by atoms with Crippen LogP contribution in [0.1, 0.15) is 36.1 Å². The molecule has 0 aliphatic carbocycles. The van der Waals surface area contributed by atoms with Gasteiger partial charge in [0.25, 0.3) is 0 Å². The van der Waals surface area contributed by atoms with Gasteiger partial charge in [0.1, 0.15) is 17.4 Å². The molecular weight excluding hydrogens is 388 g/mol. The smallest absolute Gasteiger partial charge is 0.233 e. The lowest BCUT2D eigenvalue weighted by Gasteiger charge is -2.48. The van der Waals surface area contributed by atoms with E-state index in [1.807, 2.05) is 0 Å². The summed E-state index contributed by atoms with van der Waals surface area (Å²) in [6.45, 7) is 0. The van der Waals surface area contributed by atoms with Gasteiger partial charge in [-0.2, -0.15) is 0 Å². The average Bonchev–Trinajstić information content (AvgIpc) is 2.73. The van der Waals surface area contributed by atoms with Crippen molar-refractivity contribution in [3.8, 4) is 5.75 Å². The molecule has 1 heterocycles. The van der Waals surface area contributed by atoms with Crippen molar-refractivity contribution in [2.45, 2.75) is 25.0 Å². The quantitative estimate of drug-likeness (QED) is 0.570. The van der Waals surface area contributed by atoms with Crippen LogP contribution in [-0.4, -0.2) is 16.1 Å². The zero-order valence-electron chi connectivity index (χ0n) is 16.1. The van der Waals surface area contributed by atoms with Crippen LogP contribution in [-0.2, 0) is 4.79 Å². The third kappa shape index (κ3) is 3.91. The standard InChI is InChI=1S/C24H21F2NO3/c25-17-8-4-15(5-9-17)22(29)13-12-21-23(16-6-10-20(28)11-7-16)27(24(21)30)19-3-1-2-18(26)14-19/h1-11,14,21-23,28-29H,12-13H2/t21-,22+,23-/m1/s1. The number of anilines is 1. The van der Waals surface area contributed by atoms with Crippen molar-refractivity contribution in [2.75, 3.05) is 4.90 Å². The molecule has 3 aromatic carbocycles. The number of halogens is 2. The molecule has 2 N–H and O–H groups in total. The molecule has 3 atom stereocenters. The first-order valence-electron chi connectivity index (χ1n) is 9.75. The molecule has 6 heteroatoms. The van der Waals surface area contributed by atoms with Crippen LogP contribution in [0.2, 0.25) is 0 Å². The Balaban J connectivity index is 1.56. The minimum absolute atomic E-state index is 0.116. The highest BCUT2D eigenvalue weighted by Crippen LogP contribution is 2.46. The van der Waals surface area contributed by atoms with Crippen LogP contribution in [0.3, 0.4) is 0 Å². The van der Waals surface area contributed by atoms with Gasteiger partial charge in [-0.05, 0) is 66.4 Å². The molecule has 0 aromatic heterocycles. The van der Waals surface area contributed by atoms with Crippen molar-refractivity contribution in [3.05, 3.63) is 95.6 Å². The van der Waals surface area contributed by atoms with E-state index in [1.165, 1.54) is 36.4 Å². The Kier molecular flexibility index (Phi) is 5.50. The second-order valence-electron chi connectivity index (χ2n) is 7.48. The van der Waals surface area contributed by atoms with Crippen molar-refractivity contribution in [1.82, 2.24) is 0 Å². The summed E-state index contributed by atoms with van der Waals surface area (Å²) >= 11 is 0. The summed E-state index contributed by atoms with van der Waals surface area (Å²) in [5.74, 6) is -1.24. The number of carbonyl (C=O) groups is 1. The zero-order valence-corrected chi connectivity index (χ0v) is 16.1. The summed E-state index contributed by atoms with van der Waals surface area (Å²) in [4.78, 5) is 14.5. The van der Waals surface area contributed by atoms with E-state index in [9.17, 15) is 23.8 Å². The Hall–Kier alpha value is -3.25. The fraction of sp³-hybridized carbons (Fsp3) is 0.208. The van der Waals surface area contributed by atoms with Crippen LogP contribution in [0.25, 0.3) is 0 Å². The summed E-state index contributed by atoms with van der Waals surface area (Å²) in [7, 11) is 0. The molecule has 0 radical (unpaired) electrons. The summed E-state index contributed by atoms with van der Waals surface area (Å²) in [6, 6.07) is 17.7. The lowest BCUT2D eigenvalue weighted by molar-refractivity contribution is -0.131. The third-order valence-corrected chi connectivity index (χ3v) is 5.54. The van der Waals surface area contributed by atoms with Crippen LogP contribution in [0, 0.1) is 17.6 Å². The maximum absolute atomic E-state index is 13.7. The molecule has 0 saturated carbocycles. The normalized spacial score (nSPS) is 19.4. The number of aliphatic hydroxyl groups excluding tert-OH is 1. The van der Waals surface area contributed by atoms with E-state index >= 15 is 0 Å². The van der Waals surface area contributed by atoms with Crippen LogP contribution in [0.4, 0.5) is 14.5 Å². The molecule has 1 amide bonds. The van der Waals surface area contributed by atoms with Gasteiger partial charge in [-0.25, -0.2) is 8.78 Å². The first kappa shape index (κ1) is 20.0. The number of β-lactam (4-membered cyclic amide) rings is 1. The number of benzene rings is 3. The highest BCUT2D eigenvalue weighted by molar-refractivity contribution is 6.03. The second-order valence-corrected chi connectivity index (χ2v) is 7.48. The fourth-order valence-electron chi connectivity index (χ4n) is 3.99. The Morgan fingerprint density at radius 3 is 2.30 bits per heavy atom. The van der Waals surface area contributed by atoms with E-state index in [2.05, 4.69) is 0 Å². The monoisotopic (exact) mass is 409 g/mol. The summed E-state index contributed by atoms with van der Waals surface area (Å²) < 4.78 is 26.8. The highest BCUT2D eigenvalue weighted by Gasteiger charge is 2.48. The molecular formula is C24H21F2NO3. The van der Waals surface area contributed by atoms with Gasteiger partial charge in [0, 0.05) is 5.69 Å². The molecule has 154 valence electrons. The number of aliphatic hydroxyl groups is 1. The number of phenols is 1. The molecule has 1 fully saturated rings. The lowest BCUT2D eigenvalue weighted by atomic mass is 9.78. The average molecular weight is 409 g/mol. The number of rotatable bonds is 6. The highest BCUT2D eigenvalue weighted by atomic mass is 19.1. The van der Waals surface area contributed by atoms with Crippen molar-refractivity contribution in [2.24, 2.45) is 5.92 Å². The van der Waals surface area contributed by atoms with Gasteiger partial charge in [0.15, 0.2) is 0 Å². The number of amides is 1. The van der Waals surface area contributed by atoms with E-state index in [-0.39, 0.29) is 23.5 Å². The Labute approximate surface area is 173 Å². The molecule has 4 nitrogen and oxygen atoms in total. The molecule has 4 rings (SSSR count). The fourth-order valence-corrected chi connectivity index (χ4v) is 3.99. The summed E-state index contributed by atoms with van der Waals surface area (Å²) in [6.07, 6.45) is -0.0791. The molecule has 1 aliphatic heterocycles. The Morgan fingerprint density at radius 1 is 0.933 bits per heavy atom. The lowest BCUT2D eigenvalue weighted by Crippen LogP contribution is -2.55. The number of hydrogen-bond donors (Lipinski definition) is 2. The zero-order chi connectivity index (χ0) is 21.3. The predicted molar refractivity (Wildman–Crippen MR) is 109 cm³/mol. The van der Waals surface area contributed by atoms with E-state index in [1.54, 1.807) is 41.3 Å². The van der Waals surface area contributed by atoms with Crippen molar-refractivity contribution in [3.63, 3.8) is 0 Å². The summed E-state index contributed by atoms with van der Waals surface area (Å²) in [5, 5.41) is 20.0. The van der Waals surface area contributed by atoms with E-state index in [0.717, 1.165) is 5.56 Å². The van der Waals surface area contributed by atoms with Crippen LogP contribution >= 0.6 is 0 Å². The van der Waals surface area contributed by atoms with Crippen LogP contribution in [0.15, 0.2) is 72.8 Å². The Bertz CT molecular complexity index is 1040. The van der Waals surface area contributed by atoms with Crippen LogP contribution < -0.4 is 4.90 Å². The number of hydrogen-bond acceptors (Lipinski definition) is 3. The van der Waals surface area contributed by atoms with Crippen molar-refractivity contribution < 1.29 is 23.8 Å². The molecule has 1 aliphatic rings. The van der Waals surface area contributed by atoms with E-state index in [0.29, 0.717) is 24.1 Å². The molecule has 1 saturated heterocycles. The number of phenolic OH excluding ortho intramolecular Hbond substituents is 1. The van der Waals surface area contributed by atoms with Gasteiger partial charge in [-0.3, -0.25) is 4.79 Å². The van der Waals surface area contributed by atoms with Gasteiger partial charge in [-0.1, -0.05) is 30.3 Å². The molecule has 0 unspecified atom stereocenters. The predicted octanol–water partition coefficient (Wildman–Crippen LogP) is 4.89. The number of nitrogens with zero attached hydrogens (tertiary/aromatic N) is 1. The molecule has 0 spiro atoms. The van der Waals surface area contributed by atoms with Gasteiger partial charge >= 0.3 is 0 Å². The number of carbonyl (C=O) groups excluding carboxylic acids is 1. The molecule has 30 heavy (non-hydrogen) atoms. The largest absolute Gasteiger partial charge is 0.508 e. The topological polar surface area (TPSA) is 60.8 Å². The SMILES string of the molecule is O=C1[C@H](CC[C@H](O)c2ccc(F)cc2)[C@@H](c2ccc(O)cc2)N1c1cccc(F)c1. The maximum atomic E-state index is 13.7. The second kappa shape index (κ2) is 8.24. The maximum Gasteiger partial charge on any atom is 0.233 e. The Morgan fingerprint density at radius 2 is 1.63 bits per heavy atom. The molecule has 3 aromatic rings. The van der Waals surface area contributed by atoms with E-state index in [4.69, 9.17) is 0 Å². The third-order valence-electron chi connectivity index (χ3n) is 5.54.